The summed E-state index contributed by atoms with van der Waals surface area (Å²) in [4.78, 5) is 115. The number of carboxylic acid groups (broad SMARTS) is 1. The molecule has 106 heavy (non-hydrogen) atoms. The van der Waals surface area contributed by atoms with Gasteiger partial charge in [-0.05, 0) is 144 Å². The number of fused-ring (bicyclic) bond motifs is 4. The Hall–Kier alpha value is -10.2. The van der Waals surface area contributed by atoms with E-state index in [-0.39, 0.29) is 75.6 Å². The second-order valence-electron chi connectivity index (χ2n) is 28.9. The molecular formula is C79H102N16O11. The third-order valence-corrected chi connectivity index (χ3v) is 21.4. The summed E-state index contributed by atoms with van der Waals surface area (Å²) in [6.07, 6.45) is 23.7. The lowest BCUT2D eigenvalue weighted by atomic mass is 10.0. The van der Waals surface area contributed by atoms with Crippen LogP contribution in [0, 0.1) is 11.8 Å². The first-order chi connectivity index (χ1) is 51.2. The van der Waals surface area contributed by atoms with E-state index in [2.05, 4.69) is 75.6 Å². The minimum absolute atomic E-state index is 0. The number of benzene rings is 4. The molecule has 0 bridgehead atoms. The SMILES string of the molecule is C.NCCc1ccccc1.O=C(N[C@H]1CCCCC/C=C\C2C[C@@]2(C(=O)NCCc2ccccc2)NC(=O)[C@@H]2C[C@@H](n3nnc(-c4ccccc4)n3)CN2C1=O)OC1CCCC1.O=C(N[C@H]1CCCCC/C=C\C2C[C@@]2(C(=O)O)NC(=O)[C@@H]2C[C@@H](n3nnc(-c4ccccc4)n3)CN2C1=O)OC1CCCC1. The standard InChI is InChI=1S/C39H48N8O5.C31H39N7O6.C8H11N.CH4/c48-35-33-24-30(47-44-34(43-45-47)28-16-8-5-9-17-28)26-46(33)36(49)32(41-38(51)52-31-19-12-13-20-31)21-11-3-1-2-10-18-29-25-39(29,42-35)37(50)40-23-22-27-14-6-4-7-15-27;39-27-25-17-22(38-35-26(34-36-38)20-11-5-4-6-12-20)19-37(25)28(40)24(32-30(43)44-23-14-9-10-15-23)16-8-3-1-2-7-13-21-18-31(21,33-27)29(41)42;9-7-6-8-4-2-1-3-5-8;/h4-10,14-18,29-33H,1-3,11-13,19-26H2,(H,40,50)(H,41,51)(H,42,48);4-7,11-13,21-25H,1-3,8-10,14-19H2,(H,32,43)(H,33,39)(H,41,42);1-5H,6-7,9H2;1H4/b18-10-;13-7-;;/t29?,30-,32+,33+,39-;21?,22-,24+,25+,31-;;/m11../s1. The van der Waals surface area contributed by atoms with E-state index in [4.69, 9.17) is 15.2 Å². The number of aliphatic carboxylic acids is 1. The van der Waals surface area contributed by atoms with Gasteiger partial charge >= 0.3 is 18.2 Å². The molecule has 6 heterocycles. The minimum atomic E-state index is -1.41. The van der Waals surface area contributed by atoms with E-state index >= 15 is 0 Å². The van der Waals surface area contributed by atoms with Gasteiger partial charge in [-0.15, -0.1) is 20.4 Å². The number of alkyl carbamates (subject to hydrolysis) is 2. The van der Waals surface area contributed by atoms with Gasteiger partial charge in [0.15, 0.2) is 0 Å². The Morgan fingerprint density at radius 3 is 1.38 bits per heavy atom. The van der Waals surface area contributed by atoms with Crippen LogP contribution in [0.15, 0.2) is 146 Å². The highest BCUT2D eigenvalue weighted by molar-refractivity contribution is 5.99. The van der Waals surface area contributed by atoms with E-state index in [1.54, 1.807) is 0 Å². The summed E-state index contributed by atoms with van der Waals surface area (Å²) in [6, 6.07) is 34.4. The van der Waals surface area contributed by atoms with Crippen LogP contribution in [-0.2, 0) is 51.1 Å². The van der Waals surface area contributed by atoms with Gasteiger partial charge in [0, 0.05) is 55.4 Å². The highest BCUT2D eigenvalue weighted by Gasteiger charge is 2.62. The number of carboxylic acids is 1. The average Bonchev–Trinajstić information content (AvgIpc) is 1.58. The van der Waals surface area contributed by atoms with E-state index in [9.17, 15) is 43.5 Å². The smallest absolute Gasteiger partial charge is 0.408 e. The maximum atomic E-state index is 14.5. The van der Waals surface area contributed by atoms with Crippen molar-refractivity contribution in [1.29, 1.82) is 0 Å². The summed E-state index contributed by atoms with van der Waals surface area (Å²) in [5.74, 6) is -2.71. The number of ether oxygens (including phenoxy) is 2. The molecule has 2 aromatic heterocycles. The molecule has 27 heteroatoms. The molecule has 4 aliphatic heterocycles. The molecule has 2 unspecified atom stereocenters. The van der Waals surface area contributed by atoms with Gasteiger partial charge in [-0.3, -0.25) is 24.0 Å². The Labute approximate surface area is 619 Å². The Bertz CT molecular complexity index is 3980. The quantitative estimate of drug-likeness (QED) is 0.0471. The Morgan fingerprint density at radius 2 is 0.934 bits per heavy atom. The number of nitrogens with zero attached hydrogens (tertiary/aromatic N) is 10. The van der Waals surface area contributed by atoms with Crippen LogP contribution in [0.25, 0.3) is 22.8 Å². The molecule has 4 saturated carbocycles. The maximum Gasteiger partial charge on any atom is 0.408 e. The molecule has 27 nitrogen and oxygen atoms in total. The van der Waals surface area contributed by atoms with Gasteiger partial charge in [0.1, 0.15) is 47.5 Å². The molecule has 14 rings (SSSR count). The van der Waals surface area contributed by atoms with E-state index in [0.29, 0.717) is 56.7 Å². The molecule has 6 fully saturated rings. The van der Waals surface area contributed by atoms with Gasteiger partial charge in [0.05, 0.1) is 12.1 Å². The highest BCUT2D eigenvalue weighted by atomic mass is 16.6. The first-order valence-corrected chi connectivity index (χ1v) is 37.7. The van der Waals surface area contributed by atoms with Gasteiger partial charge in [-0.2, -0.15) is 9.59 Å². The first kappa shape index (κ1) is 76.9. The second kappa shape index (κ2) is 36.7. The molecule has 4 aliphatic carbocycles. The highest BCUT2D eigenvalue weighted by Crippen LogP contribution is 2.47. The van der Waals surface area contributed by atoms with Crippen LogP contribution in [0.2, 0.25) is 0 Å². The zero-order valence-electron chi connectivity index (χ0n) is 59.5. The molecule has 6 aromatic rings. The van der Waals surface area contributed by atoms with Crippen molar-refractivity contribution in [1.82, 2.24) is 76.8 Å². The summed E-state index contributed by atoms with van der Waals surface area (Å²) >= 11 is 0. The molecule has 4 aromatic carbocycles. The normalized spacial score (nSPS) is 26.8. The summed E-state index contributed by atoms with van der Waals surface area (Å²) in [5, 5.41) is 50.9. The molecule has 0 radical (unpaired) electrons. The molecule has 7 amide bonds. The lowest BCUT2D eigenvalue weighted by Crippen LogP contribution is -2.58. The lowest BCUT2D eigenvalue weighted by molar-refractivity contribution is -0.145. The summed E-state index contributed by atoms with van der Waals surface area (Å²) in [7, 11) is 0. The van der Waals surface area contributed by atoms with Crippen molar-refractivity contribution in [2.24, 2.45) is 17.6 Å². The Kier molecular flexibility index (Phi) is 26.6. The number of carbonyl (C=O) groups is 8. The largest absolute Gasteiger partial charge is 0.479 e. The van der Waals surface area contributed by atoms with Crippen molar-refractivity contribution in [2.75, 3.05) is 26.2 Å². The van der Waals surface area contributed by atoms with Crippen molar-refractivity contribution < 1.29 is 52.9 Å². The fraction of sp³-hybridized carbons (Fsp3) is 0.519. The number of aromatic nitrogens is 8. The minimum Gasteiger partial charge on any atom is -0.479 e. The summed E-state index contributed by atoms with van der Waals surface area (Å²) in [6.45, 7) is 1.40. The molecule has 0 spiro atoms. The summed E-state index contributed by atoms with van der Waals surface area (Å²) < 4.78 is 11.3. The van der Waals surface area contributed by atoms with E-state index in [0.717, 1.165) is 120 Å². The van der Waals surface area contributed by atoms with Crippen molar-refractivity contribution in [2.45, 2.75) is 221 Å². The van der Waals surface area contributed by atoms with Crippen molar-refractivity contribution in [3.05, 3.63) is 157 Å². The van der Waals surface area contributed by atoms with Crippen LogP contribution >= 0.6 is 0 Å². The molecule has 8 aliphatic rings. The van der Waals surface area contributed by atoms with Crippen LogP contribution in [0.5, 0.6) is 0 Å². The van der Waals surface area contributed by atoms with Gasteiger partial charge < -0.3 is 56.7 Å². The maximum absolute atomic E-state index is 14.5. The van der Waals surface area contributed by atoms with Gasteiger partial charge in [0.2, 0.25) is 41.2 Å². The van der Waals surface area contributed by atoms with Crippen molar-refractivity contribution >= 4 is 47.7 Å². The predicted octanol–water partition coefficient (Wildman–Crippen LogP) is 9.10. The molecule has 564 valence electrons. The number of tetrazole rings is 2. The Morgan fingerprint density at radius 1 is 0.528 bits per heavy atom. The van der Waals surface area contributed by atoms with E-state index < -0.39 is 83.2 Å². The van der Waals surface area contributed by atoms with E-state index in [1.165, 1.54) is 25.0 Å². The fourth-order valence-electron chi connectivity index (χ4n) is 15.3. The predicted molar refractivity (Wildman–Crippen MR) is 395 cm³/mol. The molecule has 8 N–H and O–H groups in total. The monoisotopic (exact) mass is 1450 g/mol. The molecule has 2 saturated heterocycles. The number of amides is 7. The van der Waals surface area contributed by atoms with Crippen molar-refractivity contribution in [3.63, 3.8) is 0 Å². The van der Waals surface area contributed by atoms with Crippen LogP contribution in [0.1, 0.15) is 172 Å². The zero-order chi connectivity index (χ0) is 73.1. The van der Waals surface area contributed by atoms with Crippen LogP contribution in [0.4, 0.5) is 9.59 Å². The number of nitrogens with two attached hydrogens (primary N) is 1. The number of carbonyl (C=O) groups excluding carboxylic acids is 7. The fourth-order valence-corrected chi connectivity index (χ4v) is 15.3. The van der Waals surface area contributed by atoms with Crippen LogP contribution in [0.3, 0.4) is 0 Å². The first-order valence-electron chi connectivity index (χ1n) is 37.7. The zero-order valence-corrected chi connectivity index (χ0v) is 59.5. The van der Waals surface area contributed by atoms with Gasteiger partial charge in [-0.1, -0.05) is 179 Å². The number of rotatable bonds is 15. The number of hydrogen-bond acceptors (Lipinski definition) is 17. The van der Waals surface area contributed by atoms with Gasteiger partial charge in [0.25, 0.3) is 0 Å². The lowest BCUT2D eigenvalue weighted by Gasteiger charge is -2.30. The van der Waals surface area contributed by atoms with Gasteiger partial charge in [-0.25, -0.2) is 14.4 Å². The molecular weight excluding hydrogens is 1350 g/mol. The number of hydrogen-bond donors (Lipinski definition) is 7. The van der Waals surface area contributed by atoms with Crippen LogP contribution < -0.4 is 32.3 Å². The van der Waals surface area contributed by atoms with E-state index in [1.807, 2.05) is 127 Å². The molecule has 10 atom stereocenters. The van der Waals surface area contributed by atoms with Crippen LogP contribution in [-0.4, -0.2) is 177 Å². The van der Waals surface area contributed by atoms with Crippen molar-refractivity contribution in [3.8, 4) is 22.8 Å². The average molecular weight is 1450 g/mol. The third-order valence-electron chi connectivity index (χ3n) is 21.4. The number of allylic oxidation sites excluding steroid dienone is 2. The third kappa shape index (κ3) is 19.6. The Balaban J connectivity index is 0.000000189. The topological polar surface area (TPSA) is 355 Å². The number of nitrogens with one attached hydrogen (secondary N) is 5. The second-order valence-corrected chi connectivity index (χ2v) is 28.9. The summed E-state index contributed by atoms with van der Waals surface area (Å²) in [5.41, 5.74) is 6.84.